The molecule has 2 nitrogen and oxygen atoms in total. The van der Waals surface area contributed by atoms with Crippen molar-refractivity contribution in [3.63, 3.8) is 0 Å². The van der Waals surface area contributed by atoms with Crippen molar-refractivity contribution in [1.82, 2.24) is 4.98 Å². The third-order valence-corrected chi connectivity index (χ3v) is 1.48. The minimum atomic E-state index is -2.45. The Balaban J connectivity index is 2.37. The lowest BCUT2D eigenvalue weighted by Gasteiger charge is -2.02. The van der Waals surface area contributed by atoms with E-state index in [0.29, 0.717) is 10.8 Å². The summed E-state index contributed by atoms with van der Waals surface area (Å²) in [6.45, 7) is -0.515. The van der Waals surface area contributed by atoms with E-state index in [1.807, 2.05) is 0 Å². The van der Waals surface area contributed by atoms with Crippen LogP contribution in [0.5, 0.6) is 0 Å². The summed E-state index contributed by atoms with van der Waals surface area (Å²) in [5, 5.41) is 0.332. The highest BCUT2D eigenvalue weighted by atomic mass is 35.5. The molecule has 1 heterocycles. The van der Waals surface area contributed by atoms with Gasteiger partial charge in [0, 0.05) is 0 Å². The molecule has 0 unspecified atom stereocenters. The van der Waals surface area contributed by atoms with Crippen molar-refractivity contribution < 1.29 is 13.5 Å². The predicted octanol–water partition coefficient (Wildman–Crippen LogP) is 2.52. The van der Waals surface area contributed by atoms with Crippen LogP contribution in [0.2, 0.25) is 5.15 Å². The van der Waals surface area contributed by atoms with Gasteiger partial charge < -0.3 is 4.74 Å². The van der Waals surface area contributed by atoms with Gasteiger partial charge in [0.2, 0.25) is 0 Å². The Kier molecular flexibility index (Phi) is 4.05. The van der Waals surface area contributed by atoms with Gasteiger partial charge in [-0.05, 0) is 12.1 Å². The van der Waals surface area contributed by atoms with E-state index in [4.69, 9.17) is 11.6 Å². The van der Waals surface area contributed by atoms with E-state index >= 15 is 0 Å². The van der Waals surface area contributed by atoms with E-state index in [-0.39, 0.29) is 6.61 Å². The number of nitrogens with zero attached hydrogens (tertiary/aromatic N) is 1. The molecule has 0 atom stereocenters. The molecule has 0 aliphatic rings. The summed E-state index contributed by atoms with van der Waals surface area (Å²) in [6.07, 6.45) is -2.45. The number of halogens is 3. The molecule has 0 aliphatic carbocycles. The van der Waals surface area contributed by atoms with E-state index in [9.17, 15) is 8.78 Å². The Bertz CT molecular complexity index is 270. The summed E-state index contributed by atoms with van der Waals surface area (Å²) in [5.74, 6) is 0. The Morgan fingerprint density at radius 2 is 2.23 bits per heavy atom. The average molecular weight is 208 g/mol. The number of pyridine rings is 1. The standard InChI is InChI=1S/C8H8ClF2NO/c9-7-3-1-2-6(12-7)4-13-5-8(10)11/h1-3,8H,4-5H2. The number of hydrogen-bond acceptors (Lipinski definition) is 2. The maximum absolute atomic E-state index is 11.6. The molecule has 0 fully saturated rings. The van der Waals surface area contributed by atoms with Gasteiger partial charge in [-0.2, -0.15) is 0 Å². The first kappa shape index (κ1) is 10.3. The van der Waals surface area contributed by atoms with Gasteiger partial charge in [-0.3, -0.25) is 0 Å². The number of ether oxygens (including phenoxy) is 1. The number of rotatable bonds is 4. The zero-order valence-electron chi connectivity index (χ0n) is 6.71. The van der Waals surface area contributed by atoms with Crippen LogP contribution in [-0.2, 0) is 11.3 Å². The summed E-state index contributed by atoms with van der Waals surface area (Å²) in [7, 11) is 0. The summed E-state index contributed by atoms with van der Waals surface area (Å²) in [5.41, 5.74) is 0.549. The molecule has 0 N–H and O–H groups in total. The second kappa shape index (κ2) is 5.09. The highest BCUT2D eigenvalue weighted by molar-refractivity contribution is 6.29. The van der Waals surface area contributed by atoms with Crippen molar-refractivity contribution in [2.75, 3.05) is 6.61 Å². The van der Waals surface area contributed by atoms with E-state index in [1.54, 1.807) is 18.2 Å². The summed E-state index contributed by atoms with van der Waals surface area (Å²) >= 11 is 5.57. The molecule has 0 amide bonds. The quantitative estimate of drug-likeness (QED) is 0.708. The van der Waals surface area contributed by atoms with Crippen molar-refractivity contribution in [2.24, 2.45) is 0 Å². The van der Waals surface area contributed by atoms with Crippen LogP contribution in [0.4, 0.5) is 8.78 Å². The molecule has 0 radical (unpaired) electrons. The molecule has 0 saturated carbocycles. The third kappa shape index (κ3) is 4.15. The number of hydrogen-bond donors (Lipinski definition) is 0. The van der Waals surface area contributed by atoms with Crippen molar-refractivity contribution in [3.05, 3.63) is 29.0 Å². The number of aromatic nitrogens is 1. The average Bonchev–Trinajstić information content (AvgIpc) is 2.03. The van der Waals surface area contributed by atoms with E-state index in [2.05, 4.69) is 9.72 Å². The largest absolute Gasteiger partial charge is 0.369 e. The maximum atomic E-state index is 11.6. The molecule has 1 aromatic heterocycles. The molecular weight excluding hydrogens is 200 g/mol. The van der Waals surface area contributed by atoms with Gasteiger partial charge in [0.15, 0.2) is 0 Å². The van der Waals surface area contributed by atoms with E-state index in [0.717, 1.165) is 0 Å². The smallest absolute Gasteiger partial charge is 0.261 e. The van der Waals surface area contributed by atoms with Gasteiger partial charge in [0.05, 0.1) is 12.3 Å². The van der Waals surface area contributed by atoms with Gasteiger partial charge in [-0.1, -0.05) is 17.7 Å². The van der Waals surface area contributed by atoms with E-state index in [1.165, 1.54) is 0 Å². The molecule has 5 heteroatoms. The van der Waals surface area contributed by atoms with Crippen molar-refractivity contribution in [2.45, 2.75) is 13.0 Å². The van der Waals surface area contributed by atoms with Gasteiger partial charge in [0.1, 0.15) is 11.8 Å². The molecule has 1 rings (SSSR count). The zero-order chi connectivity index (χ0) is 9.68. The lowest BCUT2D eigenvalue weighted by atomic mass is 10.4. The highest BCUT2D eigenvalue weighted by Crippen LogP contribution is 2.06. The summed E-state index contributed by atoms with van der Waals surface area (Å²) in [6, 6.07) is 4.96. The van der Waals surface area contributed by atoms with Crippen molar-refractivity contribution in [3.8, 4) is 0 Å². The molecule has 0 spiro atoms. The molecular formula is C8H8ClF2NO. The van der Waals surface area contributed by atoms with Crippen LogP contribution in [0.1, 0.15) is 5.69 Å². The van der Waals surface area contributed by atoms with Crippen molar-refractivity contribution >= 4 is 11.6 Å². The van der Waals surface area contributed by atoms with Gasteiger partial charge in [-0.25, -0.2) is 13.8 Å². The zero-order valence-corrected chi connectivity index (χ0v) is 7.47. The maximum Gasteiger partial charge on any atom is 0.261 e. The van der Waals surface area contributed by atoms with Gasteiger partial charge >= 0.3 is 0 Å². The summed E-state index contributed by atoms with van der Waals surface area (Å²) < 4.78 is 28.0. The van der Waals surface area contributed by atoms with Crippen LogP contribution in [0.15, 0.2) is 18.2 Å². The Hall–Kier alpha value is -0.740. The first-order valence-electron chi connectivity index (χ1n) is 3.66. The summed E-state index contributed by atoms with van der Waals surface area (Å²) in [4.78, 5) is 3.87. The predicted molar refractivity (Wildman–Crippen MR) is 44.9 cm³/mol. The first-order valence-corrected chi connectivity index (χ1v) is 4.03. The monoisotopic (exact) mass is 207 g/mol. The molecule has 72 valence electrons. The van der Waals surface area contributed by atoms with Crippen LogP contribution in [0.25, 0.3) is 0 Å². The molecule has 0 bridgehead atoms. The normalized spacial score (nSPS) is 10.8. The van der Waals surface area contributed by atoms with Crippen LogP contribution in [0, 0.1) is 0 Å². The van der Waals surface area contributed by atoms with Crippen LogP contribution >= 0.6 is 11.6 Å². The van der Waals surface area contributed by atoms with Gasteiger partial charge in [0.25, 0.3) is 6.43 Å². The Labute approximate surface area is 79.5 Å². The molecule has 0 saturated heterocycles. The van der Waals surface area contributed by atoms with Crippen LogP contribution in [-0.4, -0.2) is 18.0 Å². The fraction of sp³-hybridized carbons (Fsp3) is 0.375. The minimum absolute atomic E-state index is 0.0604. The molecule has 13 heavy (non-hydrogen) atoms. The third-order valence-electron chi connectivity index (χ3n) is 1.27. The SMILES string of the molecule is FC(F)COCc1cccc(Cl)n1. The fourth-order valence-electron chi connectivity index (χ4n) is 0.783. The second-order valence-electron chi connectivity index (χ2n) is 2.36. The van der Waals surface area contributed by atoms with Crippen LogP contribution in [0.3, 0.4) is 0 Å². The van der Waals surface area contributed by atoms with Crippen molar-refractivity contribution in [1.29, 1.82) is 0 Å². The molecule has 0 aliphatic heterocycles. The lowest BCUT2D eigenvalue weighted by Crippen LogP contribution is -2.04. The Morgan fingerprint density at radius 3 is 2.85 bits per heavy atom. The topological polar surface area (TPSA) is 22.1 Å². The molecule has 0 aromatic carbocycles. The highest BCUT2D eigenvalue weighted by Gasteiger charge is 2.02. The van der Waals surface area contributed by atoms with E-state index < -0.39 is 13.0 Å². The first-order chi connectivity index (χ1) is 6.18. The van der Waals surface area contributed by atoms with Crippen LogP contribution < -0.4 is 0 Å². The van der Waals surface area contributed by atoms with Gasteiger partial charge in [-0.15, -0.1) is 0 Å². The lowest BCUT2D eigenvalue weighted by molar-refractivity contribution is 0.00884. The number of alkyl halides is 2. The Morgan fingerprint density at radius 1 is 1.46 bits per heavy atom. The fourth-order valence-corrected chi connectivity index (χ4v) is 0.965. The minimum Gasteiger partial charge on any atom is -0.369 e. The molecule has 1 aromatic rings. The second-order valence-corrected chi connectivity index (χ2v) is 2.75.